The molecule has 30 heavy (non-hydrogen) atoms. The second-order valence-electron chi connectivity index (χ2n) is 7.36. The Bertz CT molecular complexity index is 963. The molecule has 1 saturated heterocycles. The number of sulfonamides is 1. The van der Waals surface area contributed by atoms with Gasteiger partial charge in [-0.15, -0.1) is 0 Å². The van der Waals surface area contributed by atoms with Crippen LogP contribution in [0.1, 0.15) is 30.4 Å². The minimum Gasteiger partial charge on any atom is -0.493 e. The highest BCUT2D eigenvalue weighted by atomic mass is 32.2. The van der Waals surface area contributed by atoms with E-state index in [1.165, 1.54) is 4.31 Å². The molecule has 1 aliphatic rings. The standard InChI is InChI=1S/C22H28N2O5S/c1-28-21-14-18(11-12-20(21)29-16-17-8-4-3-5-9-17)15-23-22(25)19-10-6-7-13-24(19)30(2,26)27/h3-5,8-9,11-12,14,19H,6-7,10,13,15-16H2,1-2H3,(H,23,25). The molecule has 0 aromatic heterocycles. The van der Waals surface area contributed by atoms with Crippen LogP contribution in [0.3, 0.4) is 0 Å². The molecule has 2 aromatic rings. The number of nitrogens with zero attached hydrogens (tertiary/aromatic N) is 1. The lowest BCUT2D eigenvalue weighted by atomic mass is 10.0. The second kappa shape index (κ2) is 9.95. The average molecular weight is 433 g/mol. The fourth-order valence-electron chi connectivity index (χ4n) is 3.55. The number of methoxy groups -OCH3 is 1. The van der Waals surface area contributed by atoms with Crippen molar-refractivity contribution in [3.05, 3.63) is 59.7 Å². The highest BCUT2D eigenvalue weighted by Crippen LogP contribution is 2.29. The summed E-state index contributed by atoms with van der Waals surface area (Å²) in [4.78, 5) is 12.6. The maximum absolute atomic E-state index is 12.6. The molecule has 1 aliphatic heterocycles. The highest BCUT2D eigenvalue weighted by molar-refractivity contribution is 7.88. The van der Waals surface area contributed by atoms with Crippen molar-refractivity contribution >= 4 is 15.9 Å². The third-order valence-corrected chi connectivity index (χ3v) is 6.40. The van der Waals surface area contributed by atoms with E-state index in [9.17, 15) is 13.2 Å². The molecular formula is C22H28N2O5S. The Kier molecular flexibility index (Phi) is 7.33. The van der Waals surface area contributed by atoms with Crippen molar-refractivity contribution in [1.82, 2.24) is 9.62 Å². The smallest absolute Gasteiger partial charge is 0.238 e. The molecule has 0 spiro atoms. The van der Waals surface area contributed by atoms with Crippen LogP contribution in [-0.2, 0) is 28.0 Å². The molecule has 1 amide bonds. The molecule has 3 rings (SSSR count). The molecule has 1 heterocycles. The summed E-state index contributed by atoms with van der Waals surface area (Å²) in [7, 11) is -1.84. The Balaban J connectivity index is 1.61. The molecule has 1 unspecified atom stereocenters. The van der Waals surface area contributed by atoms with E-state index in [1.807, 2.05) is 48.5 Å². The summed E-state index contributed by atoms with van der Waals surface area (Å²) in [6, 6.07) is 14.7. The summed E-state index contributed by atoms with van der Waals surface area (Å²) in [6.45, 7) is 1.09. The number of nitrogens with one attached hydrogen (secondary N) is 1. The van der Waals surface area contributed by atoms with Crippen molar-refractivity contribution < 1.29 is 22.7 Å². The maximum Gasteiger partial charge on any atom is 0.238 e. The van der Waals surface area contributed by atoms with Gasteiger partial charge in [-0.05, 0) is 36.1 Å². The highest BCUT2D eigenvalue weighted by Gasteiger charge is 2.34. The van der Waals surface area contributed by atoms with Crippen LogP contribution in [0.2, 0.25) is 0 Å². The molecule has 2 aromatic carbocycles. The predicted octanol–water partition coefficient (Wildman–Crippen LogP) is 2.70. The van der Waals surface area contributed by atoms with Crippen LogP contribution < -0.4 is 14.8 Å². The van der Waals surface area contributed by atoms with Crippen molar-refractivity contribution in [2.24, 2.45) is 0 Å². The first kappa shape index (κ1) is 22.1. The van der Waals surface area contributed by atoms with Gasteiger partial charge < -0.3 is 14.8 Å². The summed E-state index contributed by atoms with van der Waals surface area (Å²) in [6.07, 6.45) is 3.30. The zero-order chi connectivity index (χ0) is 21.6. The van der Waals surface area contributed by atoms with Gasteiger partial charge in [0.15, 0.2) is 11.5 Å². The van der Waals surface area contributed by atoms with Gasteiger partial charge in [0.25, 0.3) is 0 Å². The van der Waals surface area contributed by atoms with E-state index >= 15 is 0 Å². The van der Waals surface area contributed by atoms with Gasteiger partial charge >= 0.3 is 0 Å². The van der Waals surface area contributed by atoms with Crippen molar-refractivity contribution in [3.63, 3.8) is 0 Å². The maximum atomic E-state index is 12.6. The topological polar surface area (TPSA) is 84.9 Å². The van der Waals surface area contributed by atoms with Crippen molar-refractivity contribution in [3.8, 4) is 11.5 Å². The number of amides is 1. The number of rotatable bonds is 8. The van der Waals surface area contributed by atoms with Gasteiger partial charge in [0.2, 0.25) is 15.9 Å². The Morgan fingerprint density at radius 1 is 1.10 bits per heavy atom. The van der Waals surface area contributed by atoms with E-state index in [1.54, 1.807) is 7.11 Å². The first-order chi connectivity index (χ1) is 14.4. The minimum atomic E-state index is -3.41. The Hall–Kier alpha value is -2.58. The van der Waals surface area contributed by atoms with E-state index in [0.29, 0.717) is 31.1 Å². The van der Waals surface area contributed by atoms with E-state index in [2.05, 4.69) is 5.32 Å². The first-order valence-electron chi connectivity index (χ1n) is 9.96. The molecule has 0 bridgehead atoms. The number of hydrogen-bond acceptors (Lipinski definition) is 5. The lowest BCUT2D eigenvalue weighted by molar-refractivity contribution is -0.125. The van der Waals surface area contributed by atoms with Crippen molar-refractivity contribution in [1.29, 1.82) is 0 Å². The summed E-state index contributed by atoms with van der Waals surface area (Å²) in [5.41, 5.74) is 1.90. The predicted molar refractivity (Wildman–Crippen MR) is 115 cm³/mol. The Morgan fingerprint density at radius 2 is 1.87 bits per heavy atom. The monoisotopic (exact) mass is 432 g/mol. The number of ether oxygens (including phenoxy) is 2. The van der Waals surface area contributed by atoms with Crippen LogP contribution in [0.4, 0.5) is 0 Å². The molecule has 1 atom stereocenters. The van der Waals surface area contributed by atoms with Crippen LogP contribution in [0.15, 0.2) is 48.5 Å². The van der Waals surface area contributed by atoms with E-state index < -0.39 is 16.1 Å². The van der Waals surface area contributed by atoms with Gasteiger partial charge in [-0.25, -0.2) is 8.42 Å². The van der Waals surface area contributed by atoms with Crippen LogP contribution >= 0.6 is 0 Å². The SMILES string of the molecule is COc1cc(CNC(=O)C2CCCCN2S(C)(=O)=O)ccc1OCc1ccccc1. The number of benzene rings is 2. The second-order valence-corrected chi connectivity index (χ2v) is 9.30. The summed E-state index contributed by atoms with van der Waals surface area (Å²) >= 11 is 0. The molecule has 0 saturated carbocycles. The van der Waals surface area contributed by atoms with Crippen LogP contribution in [0.25, 0.3) is 0 Å². The lowest BCUT2D eigenvalue weighted by Crippen LogP contribution is -2.51. The van der Waals surface area contributed by atoms with Gasteiger partial charge in [0, 0.05) is 13.1 Å². The average Bonchev–Trinajstić information content (AvgIpc) is 2.76. The fraction of sp³-hybridized carbons (Fsp3) is 0.409. The summed E-state index contributed by atoms with van der Waals surface area (Å²) in [5, 5.41) is 2.86. The van der Waals surface area contributed by atoms with Crippen molar-refractivity contribution in [2.75, 3.05) is 19.9 Å². The van der Waals surface area contributed by atoms with Crippen molar-refractivity contribution in [2.45, 2.75) is 38.5 Å². The molecular weight excluding hydrogens is 404 g/mol. The number of carbonyl (C=O) groups is 1. The van der Waals surface area contributed by atoms with Gasteiger partial charge in [-0.2, -0.15) is 4.31 Å². The Labute approximate surface area is 178 Å². The van der Waals surface area contributed by atoms with Crippen LogP contribution in [0, 0.1) is 0 Å². The van der Waals surface area contributed by atoms with Crippen LogP contribution in [0.5, 0.6) is 11.5 Å². The minimum absolute atomic E-state index is 0.275. The van der Waals surface area contributed by atoms with Gasteiger partial charge in [0.1, 0.15) is 12.6 Å². The van der Waals surface area contributed by atoms with Gasteiger partial charge in [0.05, 0.1) is 13.4 Å². The Morgan fingerprint density at radius 3 is 2.57 bits per heavy atom. The lowest BCUT2D eigenvalue weighted by Gasteiger charge is -2.32. The number of carbonyl (C=O) groups excluding carboxylic acids is 1. The zero-order valence-electron chi connectivity index (χ0n) is 17.3. The molecule has 162 valence electrons. The molecule has 8 heteroatoms. The normalized spacial score (nSPS) is 17.3. The summed E-state index contributed by atoms with van der Waals surface area (Å²) < 4.78 is 36.5. The largest absolute Gasteiger partial charge is 0.493 e. The molecule has 7 nitrogen and oxygen atoms in total. The quantitative estimate of drug-likeness (QED) is 0.693. The van der Waals surface area contributed by atoms with Gasteiger partial charge in [-0.1, -0.05) is 42.8 Å². The zero-order valence-corrected chi connectivity index (χ0v) is 18.2. The third kappa shape index (κ3) is 5.73. The number of piperidine rings is 1. The van der Waals surface area contributed by atoms with E-state index in [0.717, 1.165) is 30.2 Å². The van der Waals surface area contributed by atoms with E-state index in [-0.39, 0.29) is 12.5 Å². The molecule has 0 aliphatic carbocycles. The van der Waals surface area contributed by atoms with Gasteiger partial charge in [-0.3, -0.25) is 4.79 Å². The first-order valence-corrected chi connectivity index (χ1v) is 11.8. The van der Waals surface area contributed by atoms with E-state index in [4.69, 9.17) is 9.47 Å². The van der Waals surface area contributed by atoms with Crippen LogP contribution in [-0.4, -0.2) is 44.6 Å². The third-order valence-electron chi connectivity index (χ3n) is 5.11. The number of hydrogen-bond donors (Lipinski definition) is 1. The fourth-order valence-corrected chi connectivity index (χ4v) is 4.67. The molecule has 1 fully saturated rings. The summed E-state index contributed by atoms with van der Waals surface area (Å²) in [5.74, 6) is 0.920. The molecule has 1 N–H and O–H groups in total. The molecule has 0 radical (unpaired) electrons.